The van der Waals surface area contributed by atoms with E-state index in [0.29, 0.717) is 12.2 Å². The lowest BCUT2D eigenvalue weighted by atomic mass is 10.0. The molecule has 138 valence electrons. The molecule has 0 spiro atoms. The molecule has 6 heteroatoms. The van der Waals surface area contributed by atoms with Gasteiger partial charge in [-0.05, 0) is 36.6 Å². The molecule has 0 saturated carbocycles. The van der Waals surface area contributed by atoms with Gasteiger partial charge < -0.3 is 9.64 Å². The Morgan fingerprint density at radius 3 is 2.19 bits per heavy atom. The molecule has 1 aliphatic heterocycles. The lowest BCUT2D eigenvalue weighted by Gasteiger charge is -2.23. The minimum Gasteiger partial charge on any atom is -0.484 e. The zero-order valence-corrected chi connectivity index (χ0v) is 15.8. The third-order valence-electron chi connectivity index (χ3n) is 4.75. The van der Waals surface area contributed by atoms with Crippen LogP contribution in [0.4, 0.5) is 0 Å². The Hall–Kier alpha value is -2.34. The molecule has 1 fully saturated rings. The lowest BCUT2D eigenvalue weighted by molar-refractivity contribution is -0.133. The molecule has 5 nitrogen and oxygen atoms in total. The van der Waals surface area contributed by atoms with Gasteiger partial charge in [-0.1, -0.05) is 42.0 Å². The smallest absolute Gasteiger partial charge is 0.260 e. The Kier molecular flexibility index (Phi) is 5.32. The Morgan fingerprint density at radius 2 is 1.65 bits per heavy atom. The van der Waals surface area contributed by atoms with Crippen molar-refractivity contribution in [3.63, 3.8) is 0 Å². The number of carbonyl (C=O) groups is 1. The van der Waals surface area contributed by atoms with Crippen molar-refractivity contribution in [2.24, 2.45) is 0 Å². The summed E-state index contributed by atoms with van der Waals surface area (Å²) in [5, 5.41) is 0. The Labute approximate surface area is 154 Å². The molecule has 0 aromatic heterocycles. The summed E-state index contributed by atoms with van der Waals surface area (Å²) in [5.74, 6) is 0.591. The lowest BCUT2D eigenvalue weighted by Crippen LogP contribution is -2.40. The fraction of sp³-hybridized carbons (Fsp3) is 0.350. The number of rotatable bonds is 5. The van der Waals surface area contributed by atoms with Crippen LogP contribution in [0.25, 0.3) is 11.1 Å². The SMILES string of the molecule is Cc1ccc(-c2ccc(OCC(=O)N(C)[C@H]3CCS(=O)(=O)C3)cc2)cc1. The van der Waals surface area contributed by atoms with Crippen molar-refractivity contribution in [2.45, 2.75) is 19.4 Å². The summed E-state index contributed by atoms with van der Waals surface area (Å²) in [6.07, 6.45) is 0.496. The minimum absolute atomic E-state index is 0.0421. The quantitative estimate of drug-likeness (QED) is 0.808. The van der Waals surface area contributed by atoms with Crippen molar-refractivity contribution in [3.8, 4) is 16.9 Å². The van der Waals surface area contributed by atoms with E-state index in [4.69, 9.17) is 4.74 Å². The van der Waals surface area contributed by atoms with Crippen molar-refractivity contribution in [2.75, 3.05) is 25.2 Å². The number of amides is 1. The van der Waals surface area contributed by atoms with Crippen molar-refractivity contribution >= 4 is 15.7 Å². The van der Waals surface area contributed by atoms with Crippen LogP contribution in [0.3, 0.4) is 0 Å². The van der Waals surface area contributed by atoms with Crippen molar-refractivity contribution in [1.29, 1.82) is 0 Å². The van der Waals surface area contributed by atoms with Gasteiger partial charge in [-0.15, -0.1) is 0 Å². The molecule has 1 aliphatic rings. The maximum absolute atomic E-state index is 12.2. The highest BCUT2D eigenvalue weighted by Gasteiger charge is 2.32. The third kappa shape index (κ3) is 4.43. The molecule has 1 saturated heterocycles. The van der Waals surface area contributed by atoms with Gasteiger partial charge in [0.25, 0.3) is 5.91 Å². The first kappa shape index (κ1) is 18.5. The molecular weight excluding hydrogens is 350 g/mol. The van der Waals surface area contributed by atoms with Gasteiger partial charge in [0.2, 0.25) is 0 Å². The van der Waals surface area contributed by atoms with E-state index in [2.05, 4.69) is 31.2 Å². The van der Waals surface area contributed by atoms with Gasteiger partial charge in [0.1, 0.15) is 5.75 Å². The fourth-order valence-corrected chi connectivity index (χ4v) is 4.80. The molecule has 0 N–H and O–H groups in total. The highest BCUT2D eigenvalue weighted by atomic mass is 32.2. The Morgan fingerprint density at radius 1 is 1.08 bits per heavy atom. The van der Waals surface area contributed by atoms with Gasteiger partial charge >= 0.3 is 0 Å². The topological polar surface area (TPSA) is 63.7 Å². The van der Waals surface area contributed by atoms with Crippen LogP contribution in [0.15, 0.2) is 48.5 Å². The number of nitrogens with zero attached hydrogens (tertiary/aromatic N) is 1. The molecule has 0 radical (unpaired) electrons. The van der Waals surface area contributed by atoms with Gasteiger partial charge in [-0.2, -0.15) is 0 Å². The zero-order valence-electron chi connectivity index (χ0n) is 15.0. The summed E-state index contributed by atoms with van der Waals surface area (Å²) in [6, 6.07) is 15.6. The summed E-state index contributed by atoms with van der Waals surface area (Å²) in [6.45, 7) is 1.95. The molecular formula is C20H23NO4S. The first-order valence-electron chi connectivity index (χ1n) is 8.60. The highest BCUT2D eigenvalue weighted by molar-refractivity contribution is 7.91. The van der Waals surface area contributed by atoms with Crippen LogP contribution in [0.1, 0.15) is 12.0 Å². The number of benzene rings is 2. The maximum Gasteiger partial charge on any atom is 0.260 e. The van der Waals surface area contributed by atoms with Crippen LogP contribution < -0.4 is 4.74 Å². The van der Waals surface area contributed by atoms with Crippen molar-refractivity contribution in [3.05, 3.63) is 54.1 Å². The van der Waals surface area contributed by atoms with Crippen LogP contribution in [0, 0.1) is 6.92 Å². The highest BCUT2D eigenvalue weighted by Crippen LogP contribution is 2.23. The number of hydrogen-bond donors (Lipinski definition) is 0. The van der Waals surface area contributed by atoms with Gasteiger partial charge in [0.15, 0.2) is 16.4 Å². The average Bonchev–Trinajstić information content (AvgIpc) is 3.00. The summed E-state index contributed by atoms with van der Waals surface area (Å²) < 4.78 is 28.7. The van der Waals surface area contributed by atoms with E-state index in [9.17, 15) is 13.2 Å². The first-order valence-corrected chi connectivity index (χ1v) is 10.4. The second-order valence-corrected chi connectivity index (χ2v) is 8.97. The third-order valence-corrected chi connectivity index (χ3v) is 6.50. The normalized spacial score (nSPS) is 18.5. The van der Waals surface area contributed by atoms with Crippen LogP contribution in [0.2, 0.25) is 0 Å². The number of ether oxygens (including phenoxy) is 1. The molecule has 0 unspecified atom stereocenters. The number of hydrogen-bond acceptors (Lipinski definition) is 4. The van der Waals surface area contributed by atoms with E-state index >= 15 is 0 Å². The molecule has 0 bridgehead atoms. The van der Waals surface area contributed by atoms with E-state index in [1.807, 2.05) is 24.3 Å². The predicted octanol–water partition coefficient (Wildman–Crippen LogP) is 2.69. The number of likely N-dealkylation sites (N-methyl/N-ethyl adjacent to an activating group) is 1. The molecule has 1 amide bonds. The standard InChI is InChI=1S/C20H23NO4S/c1-15-3-5-16(6-4-15)17-7-9-19(10-8-17)25-13-20(22)21(2)18-11-12-26(23,24)14-18/h3-10,18H,11-14H2,1-2H3/t18-/m0/s1. The summed E-state index contributed by atoms with van der Waals surface area (Å²) in [4.78, 5) is 13.7. The number of aryl methyl sites for hydroxylation is 1. The van der Waals surface area contributed by atoms with E-state index in [1.165, 1.54) is 10.5 Å². The monoisotopic (exact) mass is 373 g/mol. The molecule has 2 aromatic rings. The number of carbonyl (C=O) groups excluding carboxylic acids is 1. The fourth-order valence-electron chi connectivity index (χ4n) is 3.02. The first-order chi connectivity index (χ1) is 12.3. The van der Waals surface area contributed by atoms with Crippen molar-refractivity contribution < 1.29 is 17.9 Å². The van der Waals surface area contributed by atoms with E-state index in [-0.39, 0.29) is 30.1 Å². The molecule has 1 heterocycles. The summed E-state index contributed by atoms with van der Waals surface area (Å²) in [5.41, 5.74) is 3.42. The molecule has 3 rings (SSSR count). The van der Waals surface area contributed by atoms with Gasteiger partial charge in [0.05, 0.1) is 11.5 Å². The van der Waals surface area contributed by atoms with Gasteiger partial charge in [0, 0.05) is 13.1 Å². The predicted molar refractivity (Wildman–Crippen MR) is 102 cm³/mol. The summed E-state index contributed by atoms with van der Waals surface area (Å²) >= 11 is 0. The van der Waals surface area contributed by atoms with Gasteiger partial charge in [-0.3, -0.25) is 4.79 Å². The Balaban J connectivity index is 1.56. The van der Waals surface area contributed by atoms with E-state index < -0.39 is 9.84 Å². The molecule has 1 atom stereocenters. The van der Waals surface area contributed by atoms with Crippen LogP contribution in [-0.2, 0) is 14.6 Å². The zero-order chi connectivity index (χ0) is 18.7. The van der Waals surface area contributed by atoms with Crippen LogP contribution in [0.5, 0.6) is 5.75 Å². The van der Waals surface area contributed by atoms with Crippen molar-refractivity contribution in [1.82, 2.24) is 4.90 Å². The second-order valence-electron chi connectivity index (χ2n) is 6.74. The molecule has 26 heavy (non-hydrogen) atoms. The number of sulfone groups is 1. The largest absolute Gasteiger partial charge is 0.484 e. The average molecular weight is 373 g/mol. The molecule has 0 aliphatic carbocycles. The van der Waals surface area contributed by atoms with Gasteiger partial charge in [-0.25, -0.2) is 8.42 Å². The van der Waals surface area contributed by atoms with Crippen LogP contribution >= 0.6 is 0 Å². The van der Waals surface area contributed by atoms with Crippen LogP contribution in [-0.4, -0.2) is 50.4 Å². The maximum atomic E-state index is 12.2. The second kappa shape index (κ2) is 7.50. The summed E-state index contributed by atoms with van der Waals surface area (Å²) in [7, 11) is -1.37. The minimum atomic E-state index is -3.01. The van der Waals surface area contributed by atoms with E-state index in [0.717, 1.165) is 11.1 Å². The molecule has 2 aromatic carbocycles. The Bertz CT molecular complexity index is 873. The van der Waals surface area contributed by atoms with E-state index in [1.54, 1.807) is 7.05 Å².